The molecule has 0 bridgehead atoms. The van der Waals surface area contributed by atoms with Crippen LogP contribution in [0, 0.1) is 0 Å². The Kier molecular flexibility index (Phi) is 3.48. The molecule has 0 N–H and O–H groups in total. The van der Waals surface area contributed by atoms with Crippen molar-refractivity contribution in [1.82, 2.24) is 14.9 Å². The molecular weight excluding hydrogens is 288 g/mol. The van der Waals surface area contributed by atoms with Gasteiger partial charge < -0.3 is 9.80 Å². The van der Waals surface area contributed by atoms with Gasteiger partial charge in [0.2, 0.25) is 0 Å². The zero-order valence-corrected chi connectivity index (χ0v) is 13.3. The van der Waals surface area contributed by atoms with Crippen molar-refractivity contribution in [3.63, 3.8) is 0 Å². The summed E-state index contributed by atoms with van der Waals surface area (Å²) in [5.74, 6) is 0.825. The van der Waals surface area contributed by atoms with Crippen LogP contribution in [0.3, 0.4) is 0 Å². The van der Waals surface area contributed by atoms with Crippen LogP contribution in [0.15, 0.2) is 36.7 Å². The highest BCUT2D eigenvalue weighted by Gasteiger charge is 2.29. The average Bonchev–Trinajstić information content (AvgIpc) is 3.21. The molecule has 1 fully saturated rings. The number of benzene rings is 1. The van der Waals surface area contributed by atoms with E-state index in [9.17, 15) is 4.79 Å². The van der Waals surface area contributed by atoms with Gasteiger partial charge in [-0.3, -0.25) is 4.79 Å². The average molecular weight is 308 g/mol. The molecule has 2 aliphatic rings. The first-order chi connectivity index (χ1) is 11.2. The van der Waals surface area contributed by atoms with E-state index in [0.29, 0.717) is 11.7 Å². The van der Waals surface area contributed by atoms with E-state index in [1.165, 1.54) is 17.6 Å². The highest BCUT2D eigenvalue weighted by molar-refractivity contribution is 5.93. The SMILES string of the molecule is CC1Cc2ccccc2N1c1cc(C(=O)N2CCCC2)ncn1. The topological polar surface area (TPSA) is 49.3 Å². The smallest absolute Gasteiger partial charge is 0.272 e. The zero-order chi connectivity index (χ0) is 15.8. The Morgan fingerprint density at radius 2 is 1.96 bits per heavy atom. The third-order valence-corrected chi connectivity index (χ3v) is 4.72. The van der Waals surface area contributed by atoms with Crippen molar-refractivity contribution in [2.24, 2.45) is 0 Å². The molecule has 0 aliphatic carbocycles. The molecule has 1 aromatic heterocycles. The normalized spacial score (nSPS) is 20.0. The maximum absolute atomic E-state index is 12.6. The first-order valence-corrected chi connectivity index (χ1v) is 8.22. The maximum atomic E-state index is 12.6. The number of rotatable bonds is 2. The molecule has 0 radical (unpaired) electrons. The van der Waals surface area contributed by atoms with Gasteiger partial charge in [-0.15, -0.1) is 0 Å². The van der Waals surface area contributed by atoms with Crippen LogP contribution < -0.4 is 4.90 Å². The number of aromatic nitrogens is 2. The van der Waals surface area contributed by atoms with E-state index in [1.54, 1.807) is 0 Å². The monoisotopic (exact) mass is 308 g/mol. The third-order valence-electron chi connectivity index (χ3n) is 4.72. The van der Waals surface area contributed by atoms with Gasteiger partial charge >= 0.3 is 0 Å². The lowest BCUT2D eigenvalue weighted by Crippen LogP contribution is -2.29. The standard InChI is InChI=1S/C18H20N4O/c1-13-10-14-6-2-3-7-16(14)22(13)17-11-15(19-12-20-17)18(23)21-8-4-5-9-21/h2-3,6-7,11-13H,4-5,8-10H2,1H3. The lowest BCUT2D eigenvalue weighted by molar-refractivity contribution is 0.0787. The summed E-state index contributed by atoms with van der Waals surface area (Å²) in [6.07, 6.45) is 4.67. The van der Waals surface area contributed by atoms with Gasteiger partial charge in [-0.2, -0.15) is 0 Å². The van der Waals surface area contributed by atoms with Crippen molar-refractivity contribution < 1.29 is 4.79 Å². The second-order valence-electron chi connectivity index (χ2n) is 6.31. The van der Waals surface area contributed by atoms with Crippen LogP contribution in [-0.2, 0) is 6.42 Å². The van der Waals surface area contributed by atoms with Crippen LogP contribution in [0.1, 0.15) is 35.8 Å². The van der Waals surface area contributed by atoms with Crippen molar-refractivity contribution in [2.45, 2.75) is 32.2 Å². The zero-order valence-electron chi connectivity index (χ0n) is 13.3. The Morgan fingerprint density at radius 1 is 1.17 bits per heavy atom. The van der Waals surface area contributed by atoms with E-state index in [1.807, 2.05) is 17.0 Å². The summed E-state index contributed by atoms with van der Waals surface area (Å²) in [5.41, 5.74) is 3.00. The van der Waals surface area contributed by atoms with Crippen molar-refractivity contribution in [3.8, 4) is 0 Å². The molecule has 4 rings (SSSR count). The quantitative estimate of drug-likeness (QED) is 0.856. The summed E-state index contributed by atoms with van der Waals surface area (Å²) in [5, 5.41) is 0. The molecule has 0 spiro atoms. The van der Waals surface area contributed by atoms with Gasteiger partial charge in [0.15, 0.2) is 0 Å². The van der Waals surface area contributed by atoms with Crippen LogP contribution in [-0.4, -0.2) is 39.9 Å². The number of likely N-dealkylation sites (tertiary alicyclic amines) is 1. The molecule has 2 aliphatic heterocycles. The summed E-state index contributed by atoms with van der Waals surface area (Å²) in [4.78, 5) is 25.3. The molecule has 1 amide bonds. The van der Waals surface area contributed by atoms with Gasteiger partial charge in [-0.1, -0.05) is 18.2 Å². The van der Waals surface area contributed by atoms with Crippen molar-refractivity contribution in [1.29, 1.82) is 0 Å². The minimum atomic E-state index is 0.0197. The van der Waals surface area contributed by atoms with Crippen LogP contribution >= 0.6 is 0 Å². The van der Waals surface area contributed by atoms with Gasteiger partial charge in [-0.25, -0.2) is 9.97 Å². The van der Waals surface area contributed by atoms with Crippen molar-refractivity contribution >= 4 is 17.4 Å². The highest BCUT2D eigenvalue weighted by atomic mass is 16.2. The summed E-state index contributed by atoms with van der Waals surface area (Å²) in [7, 11) is 0. The number of amides is 1. The predicted octanol–water partition coefficient (Wildman–Crippen LogP) is 2.80. The summed E-state index contributed by atoms with van der Waals surface area (Å²) in [6, 6.07) is 10.5. The molecule has 2 aromatic rings. The number of fused-ring (bicyclic) bond motifs is 1. The summed E-state index contributed by atoms with van der Waals surface area (Å²) < 4.78 is 0. The number of carbonyl (C=O) groups is 1. The van der Waals surface area contributed by atoms with E-state index in [-0.39, 0.29) is 5.91 Å². The van der Waals surface area contributed by atoms with E-state index in [4.69, 9.17) is 0 Å². The molecule has 1 aromatic carbocycles. The number of hydrogen-bond acceptors (Lipinski definition) is 4. The van der Waals surface area contributed by atoms with Crippen molar-refractivity contribution in [3.05, 3.63) is 47.9 Å². The van der Waals surface area contributed by atoms with Crippen molar-refractivity contribution in [2.75, 3.05) is 18.0 Å². The molecule has 118 valence electrons. The molecule has 3 heterocycles. The van der Waals surface area contributed by atoms with Gasteiger partial charge in [0.1, 0.15) is 17.8 Å². The molecule has 5 nitrogen and oxygen atoms in total. The minimum absolute atomic E-state index is 0.0197. The summed E-state index contributed by atoms with van der Waals surface area (Å²) in [6.45, 7) is 3.85. The fourth-order valence-electron chi connectivity index (χ4n) is 3.59. The van der Waals surface area contributed by atoms with Gasteiger partial charge in [0.25, 0.3) is 5.91 Å². The van der Waals surface area contributed by atoms with E-state index < -0.39 is 0 Å². The molecule has 1 saturated heterocycles. The Morgan fingerprint density at radius 3 is 2.78 bits per heavy atom. The van der Waals surface area contributed by atoms with E-state index >= 15 is 0 Å². The summed E-state index contributed by atoms with van der Waals surface area (Å²) >= 11 is 0. The number of hydrogen-bond donors (Lipinski definition) is 0. The minimum Gasteiger partial charge on any atom is -0.337 e. The van der Waals surface area contributed by atoms with Crippen LogP contribution in [0.25, 0.3) is 0 Å². The number of para-hydroxylation sites is 1. The Balaban J connectivity index is 1.67. The second-order valence-corrected chi connectivity index (χ2v) is 6.31. The van der Waals surface area contributed by atoms with Crippen LogP contribution in [0.5, 0.6) is 0 Å². The molecule has 1 unspecified atom stereocenters. The largest absolute Gasteiger partial charge is 0.337 e. The first kappa shape index (κ1) is 14.2. The first-order valence-electron chi connectivity index (χ1n) is 8.22. The van der Waals surface area contributed by atoms with E-state index in [0.717, 1.165) is 38.2 Å². The predicted molar refractivity (Wildman–Crippen MR) is 88.9 cm³/mol. The molecule has 5 heteroatoms. The van der Waals surface area contributed by atoms with Gasteiger partial charge in [-0.05, 0) is 37.8 Å². The molecule has 0 saturated carbocycles. The molecule has 1 atom stereocenters. The Bertz CT molecular complexity index is 739. The Labute approximate surface area is 136 Å². The van der Waals surface area contributed by atoms with E-state index in [2.05, 4.69) is 40.0 Å². The lowest BCUT2D eigenvalue weighted by Gasteiger charge is -2.24. The van der Waals surface area contributed by atoms with Gasteiger partial charge in [0, 0.05) is 30.9 Å². The van der Waals surface area contributed by atoms with Crippen LogP contribution in [0.2, 0.25) is 0 Å². The van der Waals surface area contributed by atoms with Gasteiger partial charge in [0.05, 0.1) is 0 Å². The molecule has 23 heavy (non-hydrogen) atoms. The Hall–Kier alpha value is -2.43. The highest BCUT2D eigenvalue weighted by Crippen LogP contribution is 2.37. The second kappa shape index (κ2) is 5.65. The maximum Gasteiger partial charge on any atom is 0.272 e. The fourth-order valence-corrected chi connectivity index (χ4v) is 3.59. The lowest BCUT2D eigenvalue weighted by atomic mass is 10.1. The third kappa shape index (κ3) is 2.46. The number of carbonyl (C=O) groups excluding carboxylic acids is 1. The molecular formula is C18H20N4O. The fraction of sp³-hybridized carbons (Fsp3) is 0.389. The number of anilines is 2. The van der Waals surface area contributed by atoms with Crippen LogP contribution in [0.4, 0.5) is 11.5 Å². The number of nitrogens with zero attached hydrogens (tertiary/aromatic N) is 4.